The SMILES string of the molecule is CC1(C(=O)OC(=O)C2(C)COC(C)(c3ccccc3)OC2)COC(c2ccccc2)OC1. The van der Waals surface area contributed by atoms with E-state index in [0.717, 1.165) is 11.1 Å². The van der Waals surface area contributed by atoms with Gasteiger partial charge < -0.3 is 23.7 Å². The van der Waals surface area contributed by atoms with Crippen LogP contribution in [0.2, 0.25) is 0 Å². The fourth-order valence-electron chi connectivity index (χ4n) is 3.56. The largest absolute Gasteiger partial charge is 0.392 e. The zero-order chi connectivity index (χ0) is 22.8. The number of esters is 2. The average molecular weight is 440 g/mol. The summed E-state index contributed by atoms with van der Waals surface area (Å²) in [4.78, 5) is 25.7. The van der Waals surface area contributed by atoms with Gasteiger partial charge in [0.1, 0.15) is 10.8 Å². The molecule has 0 spiro atoms. The van der Waals surface area contributed by atoms with Crippen molar-refractivity contribution in [3.05, 3.63) is 71.8 Å². The number of rotatable bonds is 4. The van der Waals surface area contributed by atoms with E-state index < -0.39 is 34.8 Å². The molecule has 0 N–H and O–H groups in total. The van der Waals surface area contributed by atoms with E-state index in [-0.39, 0.29) is 26.4 Å². The van der Waals surface area contributed by atoms with Crippen LogP contribution in [0.5, 0.6) is 0 Å². The van der Waals surface area contributed by atoms with E-state index in [0.29, 0.717) is 0 Å². The third kappa shape index (κ3) is 4.47. The minimum Gasteiger partial charge on any atom is -0.392 e. The molecule has 0 atom stereocenters. The third-order valence-corrected chi connectivity index (χ3v) is 5.98. The summed E-state index contributed by atoms with van der Waals surface area (Å²) >= 11 is 0. The molecular formula is C25H28O7. The number of hydrogen-bond donors (Lipinski definition) is 0. The number of hydrogen-bond acceptors (Lipinski definition) is 7. The van der Waals surface area contributed by atoms with Gasteiger partial charge in [-0.15, -0.1) is 0 Å². The van der Waals surface area contributed by atoms with Gasteiger partial charge in [-0.3, -0.25) is 9.59 Å². The fourth-order valence-corrected chi connectivity index (χ4v) is 3.56. The molecule has 2 aliphatic rings. The normalized spacial score (nSPS) is 32.8. The number of benzene rings is 2. The van der Waals surface area contributed by atoms with Gasteiger partial charge in [-0.2, -0.15) is 0 Å². The Labute approximate surface area is 187 Å². The van der Waals surface area contributed by atoms with Crippen LogP contribution in [-0.2, 0) is 39.1 Å². The molecule has 0 unspecified atom stereocenters. The van der Waals surface area contributed by atoms with Crippen LogP contribution in [0.3, 0.4) is 0 Å². The molecule has 170 valence electrons. The lowest BCUT2D eigenvalue weighted by Gasteiger charge is -2.42. The van der Waals surface area contributed by atoms with Gasteiger partial charge in [-0.1, -0.05) is 60.7 Å². The molecule has 7 heteroatoms. The van der Waals surface area contributed by atoms with Crippen molar-refractivity contribution in [2.45, 2.75) is 32.8 Å². The van der Waals surface area contributed by atoms with Crippen LogP contribution in [0.25, 0.3) is 0 Å². The number of ether oxygens (including phenoxy) is 5. The quantitative estimate of drug-likeness (QED) is 0.529. The Morgan fingerprint density at radius 3 is 1.75 bits per heavy atom. The Kier molecular flexibility index (Phi) is 6.18. The Bertz CT molecular complexity index is 941. The van der Waals surface area contributed by atoms with Crippen molar-refractivity contribution < 1.29 is 33.3 Å². The second kappa shape index (κ2) is 8.75. The van der Waals surface area contributed by atoms with Gasteiger partial charge in [-0.25, -0.2) is 0 Å². The number of carbonyl (C=O) groups excluding carboxylic acids is 2. The first-order valence-electron chi connectivity index (χ1n) is 10.6. The topological polar surface area (TPSA) is 80.3 Å². The predicted octanol–water partition coefficient (Wildman–Crippen LogP) is 3.73. The molecule has 0 amide bonds. The van der Waals surface area contributed by atoms with Gasteiger partial charge in [-0.05, 0) is 20.8 Å². The smallest absolute Gasteiger partial charge is 0.324 e. The molecule has 0 saturated carbocycles. The molecular weight excluding hydrogens is 412 g/mol. The zero-order valence-electron chi connectivity index (χ0n) is 18.5. The third-order valence-electron chi connectivity index (χ3n) is 5.98. The number of carbonyl (C=O) groups is 2. The lowest BCUT2D eigenvalue weighted by Crippen LogP contribution is -2.51. The standard InChI is InChI=1S/C25H28O7/c1-23(14-28-20(29-15-23)18-10-6-4-7-11-18)21(26)32-22(27)24(2)16-30-25(3,31-17-24)19-12-8-5-9-13-19/h4-13,20H,14-17H2,1-3H3. The molecule has 2 saturated heterocycles. The molecule has 0 aromatic heterocycles. The Balaban J connectivity index is 1.34. The van der Waals surface area contributed by atoms with Gasteiger partial charge in [0.25, 0.3) is 0 Å². The summed E-state index contributed by atoms with van der Waals surface area (Å²) in [6, 6.07) is 19.0. The van der Waals surface area contributed by atoms with E-state index in [1.165, 1.54) is 0 Å². The van der Waals surface area contributed by atoms with Gasteiger partial charge >= 0.3 is 11.9 Å². The first-order valence-corrected chi connectivity index (χ1v) is 10.6. The summed E-state index contributed by atoms with van der Waals surface area (Å²) in [5.74, 6) is -2.34. The monoisotopic (exact) mass is 440 g/mol. The van der Waals surface area contributed by atoms with Crippen molar-refractivity contribution in [2.75, 3.05) is 26.4 Å². The van der Waals surface area contributed by atoms with Crippen molar-refractivity contribution in [3.8, 4) is 0 Å². The van der Waals surface area contributed by atoms with Crippen LogP contribution >= 0.6 is 0 Å². The lowest BCUT2D eigenvalue weighted by atomic mass is 9.89. The van der Waals surface area contributed by atoms with Gasteiger partial charge in [0.2, 0.25) is 0 Å². The highest BCUT2D eigenvalue weighted by atomic mass is 16.7. The molecule has 4 rings (SSSR count). The maximum atomic E-state index is 12.9. The van der Waals surface area contributed by atoms with Gasteiger partial charge in [0, 0.05) is 11.1 Å². The summed E-state index contributed by atoms with van der Waals surface area (Å²) in [5, 5.41) is 0. The van der Waals surface area contributed by atoms with Crippen molar-refractivity contribution in [3.63, 3.8) is 0 Å². The second-order valence-corrected chi connectivity index (χ2v) is 9.05. The summed E-state index contributed by atoms with van der Waals surface area (Å²) in [5.41, 5.74) is -0.483. The Morgan fingerprint density at radius 1 is 0.750 bits per heavy atom. The molecule has 2 aromatic rings. The van der Waals surface area contributed by atoms with E-state index in [1.807, 2.05) is 60.7 Å². The van der Waals surface area contributed by atoms with Crippen LogP contribution in [0.15, 0.2) is 60.7 Å². The summed E-state index contributed by atoms with van der Waals surface area (Å²) in [6.45, 7) is 5.40. The van der Waals surface area contributed by atoms with Crippen LogP contribution < -0.4 is 0 Å². The van der Waals surface area contributed by atoms with Crippen molar-refractivity contribution in [1.29, 1.82) is 0 Å². The summed E-state index contributed by atoms with van der Waals surface area (Å²) in [6.07, 6.45) is -0.555. The highest BCUT2D eigenvalue weighted by Crippen LogP contribution is 2.38. The zero-order valence-corrected chi connectivity index (χ0v) is 18.5. The fraction of sp³-hybridized carbons (Fsp3) is 0.440. The Morgan fingerprint density at radius 2 is 1.22 bits per heavy atom. The van der Waals surface area contributed by atoms with Crippen LogP contribution in [-0.4, -0.2) is 38.4 Å². The molecule has 2 fully saturated rings. The van der Waals surface area contributed by atoms with Crippen molar-refractivity contribution in [2.24, 2.45) is 10.8 Å². The lowest BCUT2D eigenvalue weighted by molar-refractivity contribution is -0.299. The molecule has 2 aromatic carbocycles. The average Bonchev–Trinajstić information content (AvgIpc) is 2.83. The Hall–Kier alpha value is -2.58. The molecule has 0 radical (unpaired) electrons. The minimum absolute atomic E-state index is 0.0598. The van der Waals surface area contributed by atoms with E-state index in [9.17, 15) is 9.59 Å². The van der Waals surface area contributed by atoms with E-state index in [1.54, 1.807) is 20.8 Å². The maximum Gasteiger partial charge on any atom is 0.324 e. The first-order chi connectivity index (χ1) is 15.2. The molecule has 0 bridgehead atoms. The molecule has 0 aliphatic carbocycles. The van der Waals surface area contributed by atoms with Crippen LogP contribution in [0.1, 0.15) is 38.2 Å². The maximum absolute atomic E-state index is 12.9. The highest BCUT2D eigenvalue weighted by molar-refractivity contribution is 5.91. The van der Waals surface area contributed by atoms with Gasteiger partial charge in [0.05, 0.1) is 26.4 Å². The van der Waals surface area contributed by atoms with E-state index in [4.69, 9.17) is 23.7 Å². The molecule has 2 heterocycles. The van der Waals surface area contributed by atoms with Crippen LogP contribution in [0.4, 0.5) is 0 Å². The molecule has 7 nitrogen and oxygen atoms in total. The van der Waals surface area contributed by atoms with E-state index in [2.05, 4.69) is 0 Å². The first kappa shape index (κ1) is 22.6. The molecule has 2 aliphatic heterocycles. The van der Waals surface area contributed by atoms with E-state index >= 15 is 0 Å². The summed E-state index contributed by atoms with van der Waals surface area (Å²) in [7, 11) is 0. The second-order valence-electron chi connectivity index (χ2n) is 9.05. The van der Waals surface area contributed by atoms with Gasteiger partial charge in [0.15, 0.2) is 12.1 Å². The summed E-state index contributed by atoms with van der Waals surface area (Å²) < 4.78 is 28.6. The highest BCUT2D eigenvalue weighted by Gasteiger charge is 2.49. The minimum atomic E-state index is -1.11. The van der Waals surface area contributed by atoms with Crippen molar-refractivity contribution in [1.82, 2.24) is 0 Å². The van der Waals surface area contributed by atoms with Crippen molar-refractivity contribution >= 4 is 11.9 Å². The predicted molar refractivity (Wildman–Crippen MR) is 114 cm³/mol. The molecule has 32 heavy (non-hydrogen) atoms. The van der Waals surface area contributed by atoms with Crippen LogP contribution in [0, 0.1) is 10.8 Å².